The van der Waals surface area contributed by atoms with E-state index in [-0.39, 0.29) is 31.3 Å². The molecule has 6 aliphatic rings. The van der Waals surface area contributed by atoms with Gasteiger partial charge in [0, 0.05) is 39.0 Å². The molecule has 52 heavy (non-hydrogen) atoms. The fraction of sp³-hybridized carbons (Fsp3) is 0.649. The van der Waals surface area contributed by atoms with Crippen LogP contribution in [0.25, 0.3) is 0 Å². The van der Waals surface area contributed by atoms with Gasteiger partial charge in [0.1, 0.15) is 23.7 Å². The second kappa shape index (κ2) is 14.4. The van der Waals surface area contributed by atoms with E-state index in [0.29, 0.717) is 32.5 Å². The molecule has 7 rings (SSSR count). The van der Waals surface area contributed by atoms with Crippen molar-refractivity contribution in [2.45, 2.75) is 119 Å². The number of urea groups is 1. The molecule has 4 bridgehead atoms. The molecule has 282 valence electrons. The Kier molecular flexibility index (Phi) is 10.0. The average molecular weight is 739 g/mol. The van der Waals surface area contributed by atoms with Gasteiger partial charge in [0.2, 0.25) is 21.8 Å². The highest BCUT2D eigenvalue weighted by Crippen LogP contribution is 2.45. The Morgan fingerprint density at radius 2 is 1.77 bits per heavy atom. The monoisotopic (exact) mass is 738 g/mol. The standard InChI is InChI=1S/C37H50N6O8S/c1-3-26-19-37(26,34(46)40-52(49,50)28-15-16-28)39-32(44)30-18-27-21-43(30)33(45)31(24-11-5-4-6-12-24)38-35(47)41(2)17-8-7-10-23-13-9-14-25-20-42(22-29(23)25)36(48)51-27/h3,9,13-14,24,26-28,30-31H,1,4-8,10-12,15-22H2,2H3,(H,38,47)(H,39,44)(H,40,46)/t26-,27-,30+,31+,37-/m1/s1. The van der Waals surface area contributed by atoms with Crippen molar-refractivity contribution >= 4 is 39.9 Å². The van der Waals surface area contributed by atoms with Crippen molar-refractivity contribution in [2.24, 2.45) is 11.8 Å². The Morgan fingerprint density at radius 1 is 1.02 bits per heavy atom. The summed E-state index contributed by atoms with van der Waals surface area (Å²) in [5, 5.41) is 5.18. The number of carbonyl (C=O) groups is 5. The third-order valence-corrected chi connectivity index (χ3v) is 13.7. The molecule has 0 unspecified atom stereocenters. The van der Waals surface area contributed by atoms with E-state index in [1.54, 1.807) is 16.8 Å². The van der Waals surface area contributed by atoms with Crippen LogP contribution in [0.15, 0.2) is 30.9 Å². The number of rotatable bonds is 7. The molecular weight excluding hydrogens is 689 g/mol. The van der Waals surface area contributed by atoms with Crippen LogP contribution in [0.2, 0.25) is 0 Å². The third-order valence-electron chi connectivity index (χ3n) is 11.9. The summed E-state index contributed by atoms with van der Waals surface area (Å²) in [6.07, 6.45) is 7.89. The van der Waals surface area contributed by atoms with Gasteiger partial charge in [-0.1, -0.05) is 43.5 Å². The predicted octanol–water partition coefficient (Wildman–Crippen LogP) is 2.70. The van der Waals surface area contributed by atoms with Crippen LogP contribution in [0.1, 0.15) is 87.3 Å². The zero-order valence-corrected chi connectivity index (χ0v) is 30.6. The van der Waals surface area contributed by atoms with Gasteiger partial charge >= 0.3 is 12.1 Å². The van der Waals surface area contributed by atoms with Crippen molar-refractivity contribution < 1.29 is 37.1 Å². The molecule has 4 fully saturated rings. The molecule has 0 aromatic heterocycles. The van der Waals surface area contributed by atoms with Crippen LogP contribution >= 0.6 is 0 Å². The number of fused-ring (bicyclic) bond motifs is 3. The summed E-state index contributed by atoms with van der Waals surface area (Å²) in [6, 6.07) is 3.64. The number of nitrogens with one attached hydrogen (secondary N) is 3. The van der Waals surface area contributed by atoms with Gasteiger partial charge in [-0.05, 0) is 74.0 Å². The lowest BCUT2D eigenvalue weighted by atomic mass is 9.83. The van der Waals surface area contributed by atoms with Gasteiger partial charge in [-0.3, -0.25) is 24.0 Å². The summed E-state index contributed by atoms with van der Waals surface area (Å²) < 4.78 is 33.6. The van der Waals surface area contributed by atoms with Crippen molar-refractivity contribution in [3.05, 3.63) is 47.5 Å². The lowest BCUT2D eigenvalue weighted by Gasteiger charge is -2.35. The molecule has 3 aliphatic heterocycles. The first-order valence-electron chi connectivity index (χ1n) is 18.8. The average Bonchev–Trinajstić information content (AvgIpc) is 4.02. The van der Waals surface area contributed by atoms with Crippen molar-refractivity contribution in [3.8, 4) is 0 Å². The first-order chi connectivity index (χ1) is 24.9. The van der Waals surface area contributed by atoms with E-state index in [4.69, 9.17) is 4.74 Å². The fourth-order valence-electron chi connectivity index (χ4n) is 8.50. The van der Waals surface area contributed by atoms with Crippen LogP contribution in [0, 0.1) is 11.8 Å². The highest BCUT2D eigenvalue weighted by atomic mass is 32.2. The Balaban J connectivity index is 1.17. The molecular formula is C37H50N6O8S. The SMILES string of the molecule is C=C[C@@H]1C[C@]1(NC(=O)[C@@H]1C[C@@H]2CN1C(=O)[C@H](C1CCCCC1)NC(=O)N(C)CCCCc1cccc3c1CN(C3)C(=O)O2)C(=O)NS(=O)(=O)C1CC1. The number of ether oxygens (including phenoxy) is 1. The van der Waals surface area contributed by atoms with Gasteiger partial charge in [0.15, 0.2) is 0 Å². The van der Waals surface area contributed by atoms with Crippen LogP contribution in [0.5, 0.6) is 0 Å². The van der Waals surface area contributed by atoms with E-state index >= 15 is 0 Å². The normalized spacial score (nSPS) is 30.2. The molecule has 1 saturated heterocycles. The highest BCUT2D eigenvalue weighted by molar-refractivity contribution is 7.91. The number of carbonyl (C=O) groups excluding carboxylic acids is 5. The summed E-state index contributed by atoms with van der Waals surface area (Å²) in [4.78, 5) is 74.3. The number of aryl methyl sites for hydroxylation is 1. The van der Waals surface area contributed by atoms with E-state index < -0.39 is 68.7 Å². The molecule has 3 N–H and O–H groups in total. The molecule has 3 aliphatic carbocycles. The summed E-state index contributed by atoms with van der Waals surface area (Å²) >= 11 is 0. The van der Waals surface area contributed by atoms with E-state index in [1.165, 1.54) is 11.0 Å². The van der Waals surface area contributed by atoms with Crippen molar-refractivity contribution in [1.29, 1.82) is 0 Å². The number of nitrogens with zero attached hydrogens (tertiary/aromatic N) is 3. The van der Waals surface area contributed by atoms with Crippen molar-refractivity contribution in [1.82, 2.24) is 30.1 Å². The predicted molar refractivity (Wildman–Crippen MR) is 190 cm³/mol. The Labute approximate surface area is 305 Å². The Hall–Kier alpha value is -4.14. The molecule has 5 atom stereocenters. The first-order valence-corrected chi connectivity index (χ1v) is 20.3. The summed E-state index contributed by atoms with van der Waals surface area (Å²) in [5.41, 5.74) is 1.76. The maximum atomic E-state index is 14.7. The van der Waals surface area contributed by atoms with Gasteiger partial charge < -0.3 is 25.2 Å². The number of benzene rings is 1. The number of hydrogen-bond acceptors (Lipinski definition) is 8. The molecule has 1 aromatic rings. The topological polar surface area (TPSA) is 175 Å². The molecule has 3 heterocycles. The summed E-state index contributed by atoms with van der Waals surface area (Å²) in [5.74, 6) is -2.61. The van der Waals surface area contributed by atoms with Gasteiger partial charge in [-0.2, -0.15) is 0 Å². The molecule has 6 amide bonds. The summed E-state index contributed by atoms with van der Waals surface area (Å²) in [7, 11) is -2.17. The van der Waals surface area contributed by atoms with Gasteiger partial charge in [-0.15, -0.1) is 6.58 Å². The molecule has 3 saturated carbocycles. The fourth-order valence-corrected chi connectivity index (χ4v) is 9.87. The lowest BCUT2D eigenvalue weighted by Crippen LogP contribution is -2.60. The van der Waals surface area contributed by atoms with Crippen LogP contribution < -0.4 is 15.4 Å². The zero-order valence-electron chi connectivity index (χ0n) is 29.8. The minimum Gasteiger partial charge on any atom is -0.444 e. The first kappa shape index (κ1) is 36.2. The number of sulfonamides is 1. The van der Waals surface area contributed by atoms with Crippen LogP contribution in [0.3, 0.4) is 0 Å². The molecule has 1 aromatic carbocycles. The van der Waals surface area contributed by atoms with E-state index in [9.17, 15) is 32.4 Å². The third kappa shape index (κ3) is 7.25. The van der Waals surface area contributed by atoms with Crippen molar-refractivity contribution in [3.63, 3.8) is 0 Å². The summed E-state index contributed by atoms with van der Waals surface area (Å²) in [6.45, 7) is 4.96. The lowest BCUT2D eigenvalue weighted by molar-refractivity contribution is -0.142. The minimum atomic E-state index is -3.89. The number of hydrogen-bond donors (Lipinski definition) is 3. The van der Waals surface area contributed by atoms with E-state index in [2.05, 4.69) is 28.0 Å². The largest absolute Gasteiger partial charge is 0.444 e. The molecule has 0 spiro atoms. The van der Waals surface area contributed by atoms with Crippen LogP contribution in [-0.2, 0) is 48.7 Å². The van der Waals surface area contributed by atoms with Crippen LogP contribution in [-0.4, -0.2) is 102 Å². The van der Waals surface area contributed by atoms with Gasteiger partial charge in [-0.25, -0.2) is 18.0 Å². The molecule has 15 heteroatoms. The maximum Gasteiger partial charge on any atom is 0.410 e. The molecule has 14 nitrogen and oxygen atoms in total. The second-order valence-electron chi connectivity index (χ2n) is 15.5. The van der Waals surface area contributed by atoms with Crippen molar-refractivity contribution in [2.75, 3.05) is 20.1 Å². The zero-order chi connectivity index (χ0) is 36.8. The minimum absolute atomic E-state index is 0.0303. The Bertz CT molecular complexity index is 1740. The van der Waals surface area contributed by atoms with Gasteiger partial charge in [0.05, 0.1) is 11.8 Å². The van der Waals surface area contributed by atoms with E-state index in [1.807, 2.05) is 12.1 Å². The smallest absolute Gasteiger partial charge is 0.410 e. The molecule has 0 radical (unpaired) electrons. The second-order valence-corrected chi connectivity index (χ2v) is 17.5. The van der Waals surface area contributed by atoms with Crippen LogP contribution in [0.4, 0.5) is 9.59 Å². The van der Waals surface area contributed by atoms with Gasteiger partial charge in [0.25, 0.3) is 5.91 Å². The maximum absolute atomic E-state index is 14.7. The quantitative estimate of drug-likeness (QED) is 0.358. The van der Waals surface area contributed by atoms with E-state index in [0.717, 1.165) is 68.1 Å². The number of amides is 6. The Morgan fingerprint density at radius 3 is 2.48 bits per heavy atom. The highest BCUT2D eigenvalue weighted by Gasteiger charge is 2.62.